The molecule has 0 spiro atoms. The van der Waals surface area contributed by atoms with Crippen LogP contribution in [-0.2, 0) is 16.0 Å². The van der Waals surface area contributed by atoms with E-state index in [9.17, 15) is 9.59 Å². The summed E-state index contributed by atoms with van der Waals surface area (Å²) in [4.78, 5) is 24.1. The number of hydrogen-bond donors (Lipinski definition) is 1. The Kier molecular flexibility index (Phi) is 5.55. The van der Waals surface area contributed by atoms with Gasteiger partial charge in [0.1, 0.15) is 0 Å². The van der Waals surface area contributed by atoms with Crippen molar-refractivity contribution in [3.05, 3.63) is 35.4 Å². The highest BCUT2D eigenvalue weighted by Gasteiger charge is 2.19. The Morgan fingerprint density at radius 2 is 1.84 bits per heavy atom. The summed E-state index contributed by atoms with van der Waals surface area (Å²) >= 11 is 0. The lowest BCUT2D eigenvalue weighted by molar-refractivity contribution is -0.143. The molecule has 4 heteroatoms. The summed E-state index contributed by atoms with van der Waals surface area (Å²) in [5.41, 5.74) is 2.39. The van der Waals surface area contributed by atoms with Gasteiger partial charge in [0.05, 0.1) is 6.42 Å². The molecule has 0 aliphatic heterocycles. The van der Waals surface area contributed by atoms with Crippen molar-refractivity contribution < 1.29 is 14.7 Å². The molecular formula is C15H21NO3. The first-order valence-corrected chi connectivity index (χ1v) is 6.42. The predicted molar refractivity (Wildman–Crippen MR) is 73.9 cm³/mol. The summed E-state index contributed by atoms with van der Waals surface area (Å²) in [6.07, 6.45) is 0.663. The van der Waals surface area contributed by atoms with Gasteiger partial charge in [-0.05, 0) is 18.9 Å². The average molecular weight is 263 g/mol. The van der Waals surface area contributed by atoms with E-state index in [0.29, 0.717) is 6.54 Å². The molecule has 0 aromatic heterocycles. The van der Waals surface area contributed by atoms with Crippen molar-refractivity contribution in [3.8, 4) is 0 Å². The summed E-state index contributed by atoms with van der Waals surface area (Å²) in [6.45, 7) is 4.29. The van der Waals surface area contributed by atoms with Crippen molar-refractivity contribution in [2.24, 2.45) is 5.92 Å². The molecule has 0 saturated heterocycles. The predicted octanol–water partition coefficient (Wildman–Crippen LogP) is 2.11. The number of carbonyl (C=O) groups excluding carboxylic acids is 1. The van der Waals surface area contributed by atoms with Crippen LogP contribution in [0.15, 0.2) is 24.3 Å². The molecule has 0 bridgehead atoms. The number of hydrogen-bond acceptors (Lipinski definition) is 2. The van der Waals surface area contributed by atoms with Gasteiger partial charge in [-0.2, -0.15) is 0 Å². The lowest BCUT2D eigenvalue weighted by atomic mass is 10.1. The summed E-state index contributed by atoms with van der Waals surface area (Å²) in [5, 5.41) is 8.68. The van der Waals surface area contributed by atoms with Crippen molar-refractivity contribution in [1.82, 2.24) is 4.90 Å². The fraction of sp³-hybridized carbons (Fsp3) is 0.467. The van der Waals surface area contributed by atoms with Gasteiger partial charge in [0, 0.05) is 19.5 Å². The third-order valence-electron chi connectivity index (χ3n) is 3.14. The van der Waals surface area contributed by atoms with E-state index in [4.69, 9.17) is 5.11 Å². The first-order valence-electron chi connectivity index (χ1n) is 6.42. The topological polar surface area (TPSA) is 57.6 Å². The lowest BCUT2D eigenvalue weighted by Gasteiger charge is -2.20. The van der Waals surface area contributed by atoms with Crippen LogP contribution >= 0.6 is 0 Å². The molecule has 0 aliphatic rings. The van der Waals surface area contributed by atoms with Gasteiger partial charge < -0.3 is 10.0 Å². The van der Waals surface area contributed by atoms with Crippen molar-refractivity contribution in [2.75, 3.05) is 13.6 Å². The van der Waals surface area contributed by atoms with Crippen molar-refractivity contribution in [1.29, 1.82) is 0 Å². The number of aliphatic carboxylic acids is 1. The Bertz CT molecular complexity index is 439. The maximum Gasteiger partial charge on any atom is 0.304 e. The second-order valence-electron chi connectivity index (χ2n) is 4.99. The average Bonchev–Trinajstić information content (AvgIpc) is 2.36. The minimum atomic E-state index is -0.937. The molecule has 19 heavy (non-hydrogen) atoms. The second-order valence-corrected chi connectivity index (χ2v) is 4.99. The van der Waals surface area contributed by atoms with Gasteiger partial charge >= 0.3 is 5.97 Å². The zero-order chi connectivity index (χ0) is 14.4. The number of rotatable bonds is 6. The van der Waals surface area contributed by atoms with Crippen molar-refractivity contribution in [3.63, 3.8) is 0 Å². The number of aryl methyl sites for hydroxylation is 1. The standard InChI is InChI=1S/C15H21NO3/c1-11-4-6-13(7-5-11)8-9-16(3)15(19)12(2)10-14(17)18/h4-7,12H,8-10H2,1-3H3,(H,17,18). The quantitative estimate of drug-likeness (QED) is 0.855. The van der Waals surface area contributed by atoms with Crippen LogP contribution in [0.4, 0.5) is 0 Å². The first-order chi connectivity index (χ1) is 8.90. The molecular weight excluding hydrogens is 242 g/mol. The summed E-state index contributed by atoms with van der Waals surface area (Å²) < 4.78 is 0. The molecule has 1 N–H and O–H groups in total. The molecule has 0 heterocycles. The van der Waals surface area contributed by atoms with Crippen LogP contribution in [0.25, 0.3) is 0 Å². The van der Waals surface area contributed by atoms with Gasteiger partial charge in [0.2, 0.25) is 5.91 Å². The van der Waals surface area contributed by atoms with E-state index in [1.54, 1.807) is 18.9 Å². The Labute approximate surface area is 114 Å². The molecule has 0 radical (unpaired) electrons. The van der Waals surface area contributed by atoms with Crippen LogP contribution in [0.3, 0.4) is 0 Å². The Morgan fingerprint density at radius 3 is 2.37 bits per heavy atom. The molecule has 1 aromatic rings. The van der Waals surface area contributed by atoms with Crippen LogP contribution in [0.2, 0.25) is 0 Å². The fourth-order valence-corrected chi connectivity index (χ4v) is 1.89. The van der Waals surface area contributed by atoms with Crippen molar-refractivity contribution in [2.45, 2.75) is 26.7 Å². The molecule has 1 atom stereocenters. The molecule has 1 unspecified atom stereocenters. The zero-order valence-corrected chi connectivity index (χ0v) is 11.7. The molecule has 4 nitrogen and oxygen atoms in total. The minimum Gasteiger partial charge on any atom is -0.481 e. The molecule has 0 fully saturated rings. The Balaban J connectivity index is 2.46. The summed E-state index contributed by atoms with van der Waals surface area (Å²) in [7, 11) is 1.72. The number of amides is 1. The van der Waals surface area contributed by atoms with Crippen LogP contribution < -0.4 is 0 Å². The van der Waals surface area contributed by atoms with E-state index < -0.39 is 11.9 Å². The van der Waals surface area contributed by atoms with Gasteiger partial charge in [-0.25, -0.2) is 0 Å². The number of benzene rings is 1. The van der Waals surface area contributed by atoms with Gasteiger partial charge in [0.15, 0.2) is 0 Å². The third kappa shape index (κ3) is 5.12. The van der Waals surface area contributed by atoms with Gasteiger partial charge in [-0.3, -0.25) is 9.59 Å². The van der Waals surface area contributed by atoms with Crippen LogP contribution in [0.5, 0.6) is 0 Å². The van der Waals surface area contributed by atoms with E-state index in [2.05, 4.69) is 0 Å². The monoisotopic (exact) mass is 263 g/mol. The second kappa shape index (κ2) is 6.92. The van der Waals surface area contributed by atoms with E-state index >= 15 is 0 Å². The molecule has 104 valence electrons. The van der Waals surface area contributed by atoms with Crippen LogP contribution in [0.1, 0.15) is 24.5 Å². The number of likely N-dealkylation sites (N-methyl/N-ethyl adjacent to an activating group) is 1. The Hall–Kier alpha value is -1.84. The molecule has 1 amide bonds. The van der Waals surface area contributed by atoms with E-state index in [1.807, 2.05) is 31.2 Å². The number of carboxylic acids is 1. The maximum absolute atomic E-state index is 11.9. The van der Waals surface area contributed by atoms with Gasteiger partial charge in [-0.15, -0.1) is 0 Å². The van der Waals surface area contributed by atoms with Gasteiger partial charge in [0.25, 0.3) is 0 Å². The largest absolute Gasteiger partial charge is 0.481 e. The third-order valence-corrected chi connectivity index (χ3v) is 3.14. The van der Waals surface area contributed by atoms with Crippen LogP contribution in [0, 0.1) is 12.8 Å². The molecule has 1 aromatic carbocycles. The number of nitrogens with zero attached hydrogens (tertiary/aromatic N) is 1. The van der Waals surface area contributed by atoms with Crippen LogP contribution in [-0.4, -0.2) is 35.5 Å². The number of carbonyl (C=O) groups is 2. The smallest absolute Gasteiger partial charge is 0.304 e. The fourth-order valence-electron chi connectivity index (χ4n) is 1.89. The van der Waals surface area contributed by atoms with E-state index in [-0.39, 0.29) is 12.3 Å². The normalized spacial score (nSPS) is 11.9. The summed E-state index contributed by atoms with van der Waals surface area (Å²) in [6, 6.07) is 8.19. The maximum atomic E-state index is 11.9. The molecule has 1 rings (SSSR count). The highest BCUT2D eigenvalue weighted by atomic mass is 16.4. The number of carboxylic acid groups (broad SMARTS) is 1. The van der Waals surface area contributed by atoms with E-state index in [1.165, 1.54) is 11.1 Å². The lowest BCUT2D eigenvalue weighted by Crippen LogP contribution is -2.34. The van der Waals surface area contributed by atoms with E-state index in [0.717, 1.165) is 6.42 Å². The first kappa shape index (κ1) is 15.2. The van der Waals surface area contributed by atoms with Gasteiger partial charge in [-0.1, -0.05) is 36.8 Å². The SMILES string of the molecule is Cc1ccc(CCN(C)C(=O)C(C)CC(=O)O)cc1. The Morgan fingerprint density at radius 1 is 1.26 bits per heavy atom. The summed E-state index contributed by atoms with van der Waals surface area (Å²) in [5.74, 6) is -1.53. The molecule has 0 aliphatic carbocycles. The van der Waals surface area contributed by atoms with Crippen molar-refractivity contribution >= 4 is 11.9 Å². The zero-order valence-electron chi connectivity index (χ0n) is 11.7. The highest BCUT2D eigenvalue weighted by molar-refractivity contribution is 5.82. The molecule has 0 saturated carbocycles. The highest BCUT2D eigenvalue weighted by Crippen LogP contribution is 2.08. The minimum absolute atomic E-state index is 0.116.